The molecule has 0 saturated carbocycles. The molecule has 0 unspecified atom stereocenters. The molecule has 19 heavy (non-hydrogen) atoms. The maximum absolute atomic E-state index is 13.5. The Kier molecular flexibility index (Phi) is 4.02. The molecule has 0 amide bonds. The summed E-state index contributed by atoms with van der Waals surface area (Å²) in [5, 5.41) is 0.643. The molecule has 0 bridgehead atoms. The Morgan fingerprint density at radius 2 is 2.11 bits per heavy atom. The number of nitrogens with zero attached hydrogens (tertiary/aromatic N) is 1. The first kappa shape index (κ1) is 13.8. The smallest absolute Gasteiger partial charge is 0.340 e. The second-order valence-corrected chi connectivity index (χ2v) is 4.43. The second kappa shape index (κ2) is 5.55. The number of esters is 1. The van der Waals surface area contributed by atoms with E-state index in [0.717, 1.165) is 6.20 Å². The number of halogens is 3. The van der Waals surface area contributed by atoms with Gasteiger partial charge in [-0.05, 0) is 12.1 Å². The highest BCUT2D eigenvalue weighted by molar-refractivity contribution is 6.43. The van der Waals surface area contributed by atoms with Crippen LogP contribution in [0.2, 0.25) is 10.0 Å². The summed E-state index contributed by atoms with van der Waals surface area (Å²) < 4.78 is 18.0. The standard InChI is InChI=1S/C13H8Cl2FNO2/c1-19-13(18)8-5-11(17-6-10(8)16)7-3-2-4-9(14)12(7)15/h2-6H,1H3. The van der Waals surface area contributed by atoms with Crippen molar-refractivity contribution in [2.24, 2.45) is 0 Å². The van der Waals surface area contributed by atoms with Crippen LogP contribution in [0.15, 0.2) is 30.5 Å². The fourth-order valence-corrected chi connectivity index (χ4v) is 1.95. The van der Waals surface area contributed by atoms with Gasteiger partial charge in [0.25, 0.3) is 0 Å². The van der Waals surface area contributed by atoms with E-state index >= 15 is 0 Å². The topological polar surface area (TPSA) is 39.2 Å². The van der Waals surface area contributed by atoms with E-state index in [4.69, 9.17) is 23.2 Å². The van der Waals surface area contributed by atoms with Gasteiger partial charge in [0.1, 0.15) is 0 Å². The summed E-state index contributed by atoms with van der Waals surface area (Å²) >= 11 is 12.0. The lowest BCUT2D eigenvalue weighted by Gasteiger charge is -2.07. The summed E-state index contributed by atoms with van der Waals surface area (Å²) in [5.41, 5.74) is 0.650. The summed E-state index contributed by atoms with van der Waals surface area (Å²) in [6, 6.07) is 6.26. The summed E-state index contributed by atoms with van der Waals surface area (Å²) in [6.45, 7) is 0. The minimum atomic E-state index is -0.778. The number of carbonyl (C=O) groups excluding carboxylic acids is 1. The third-order valence-corrected chi connectivity index (χ3v) is 3.31. The van der Waals surface area contributed by atoms with Crippen molar-refractivity contribution in [3.8, 4) is 11.3 Å². The van der Waals surface area contributed by atoms with E-state index in [2.05, 4.69) is 9.72 Å². The largest absolute Gasteiger partial charge is 0.465 e. The van der Waals surface area contributed by atoms with Gasteiger partial charge in [-0.1, -0.05) is 35.3 Å². The molecule has 0 saturated heterocycles. The molecule has 0 radical (unpaired) electrons. The van der Waals surface area contributed by atoms with E-state index in [-0.39, 0.29) is 5.56 Å². The van der Waals surface area contributed by atoms with E-state index in [1.807, 2.05) is 0 Å². The Morgan fingerprint density at radius 1 is 1.37 bits per heavy atom. The molecule has 0 fully saturated rings. The fraction of sp³-hybridized carbons (Fsp3) is 0.0769. The van der Waals surface area contributed by atoms with Gasteiger partial charge < -0.3 is 4.74 Å². The van der Waals surface area contributed by atoms with Gasteiger partial charge in [-0.25, -0.2) is 9.18 Å². The lowest BCUT2D eigenvalue weighted by Crippen LogP contribution is -2.05. The number of hydrogen-bond acceptors (Lipinski definition) is 3. The van der Waals surface area contributed by atoms with Crippen molar-refractivity contribution in [3.63, 3.8) is 0 Å². The third kappa shape index (κ3) is 2.69. The van der Waals surface area contributed by atoms with E-state index < -0.39 is 11.8 Å². The van der Waals surface area contributed by atoms with Crippen molar-refractivity contribution in [1.82, 2.24) is 4.98 Å². The van der Waals surface area contributed by atoms with Crippen LogP contribution in [0.4, 0.5) is 4.39 Å². The van der Waals surface area contributed by atoms with Crippen LogP contribution in [0.1, 0.15) is 10.4 Å². The molecule has 0 spiro atoms. The molecule has 2 aromatic rings. The summed E-state index contributed by atoms with van der Waals surface area (Å²) in [6.07, 6.45) is 0.943. The monoisotopic (exact) mass is 299 g/mol. The molecule has 1 heterocycles. The summed E-state index contributed by atoms with van der Waals surface area (Å²) in [7, 11) is 1.17. The van der Waals surface area contributed by atoms with Crippen LogP contribution < -0.4 is 0 Å². The highest BCUT2D eigenvalue weighted by Gasteiger charge is 2.16. The van der Waals surface area contributed by atoms with Crippen LogP contribution in [-0.2, 0) is 4.74 Å². The molecule has 0 aliphatic carbocycles. The zero-order chi connectivity index (χ0) is 14.0. The number of methoxy groups -OCH3 is 1. The van der Waals surface area contributed by atoms with Crippen LogP contribution in [0.3, 0.4) is 0 Å². The Bertz CT molecular complexity index is 647. The quantitative estimate of drug-likeness (QED) is 0.787. The van der Waals surface area contributed by atoms with Crippen LogP contribution in [0, 0.1) is 5.82 Å². The fourth-order valence-electron chi connectivity index (χ4n) is 1.55. The molecule has 1 aromatic heterocycles. The average molecular weight is 300 g/mol. The number of benzene rings is 1. The Hall–Kier alpha value is -1.65. The number of ether oxygens (including phenoxy) is 1. The van der Waals surface area contributed by atoms with Crippen LogP contribution in [0.25, 0.3) is 11.3 Å². The van der Waals surface area contributed by atoms with E-state index in [1.165, 1.54) is 13.2 Å². The summed E-state index contributed by atoms with van der Waals surface area (Å²) in [4.78, 5) is 15.3. The normalized spacial score (nSPS) is 10.3. The maximum Gasteiger partial charge on any atom is 0.340 e. The molecule has 0 aliphatic rings. The van der Waals surface area contributed by atoms with Crippen LogP contribution in [0.5, 0.6) is 0 Å². The zero-order valence-electron chi connectivity index (χ0n) is 9.78. The van der Waals surface area contributed by atoms with Crippen molar-refractivity contribution in [2.75, 3.05) is 7.11 Å². The number of hydrogen-bond donors (Lipinski definition) is 0. The number of rotatable bonds is 2. The van der Waals surface area contributed by atoms with Gasteiger partial charge in [-0.15, -0.1) is 0 Å². The van der Waals surface area contributed by atoms with Crippen molar-refractivity contribution in [1.29, 1.82) is 0 Å². The molecule has 0 N–H and O–H groups in total. The predicted molar refractivity (Wildman–Crippen MR) is 71.0 cm³/mol. The Labute approximate surface area is 118 Å². The predicted octanol–water partition coefficient (Wildman–Crippen LogP) is 3.98. The highest BCUT2D eigenvalue weighted by atomic mass is 35.5. The van der Waals surface area contributed by atoms with Crippen LogP contribution >= 0.6 is 23.2 Å². The van der Waals surface area contributed by atoms with Gasteiger partial charge in [-0.3, -0.25) is 4.98 Å². The molecular formula is C13H8Cl2FNO2. The molecule has 0 aliphatic heterocycles. The Morgan fingerprint density at radius 3 is 2.79 bits per heavy atom. The Balaban J connectivity index is 2.58. The SMILES string of the molecule is COC(=O)c1cc(-c2cccc(Cl)c2Cl)ncc1F. The van der Waals surface area contributed by atoms with Gasteiger partial charge >= 0.3 is 5.97 Å². The first-order valence-corrected chi connectivity index (χ1v) is 5.98. The van der Waals surface area contributed by atoms with Gasteiger partial charge in [0.15, 0.2) is 5.82 Å². The van der Waals surface area contributed by atoms with Crippen LogP contribution in [-0.4, -0.2) is 18.1 Å². The number of aromatic nitrogens is 1. The van der Waals surface area contributed by atoms with E-state index in [9.17, 15) is 9.18 Å². The summed E-state index contributed by atoms with van der Waals surface area (Å²) in [5.74, 6) is -1.53. The minimum absolute atomic E-state index is 0.205. The third-order valence-electron chi connectivity index (χ3n) is 2.49. The molecule has 2 rings (SSSR count). The average Bonchev–Trinajstić information content (AvgIpc) is 2.42. The lowest BCUT2D eigenvalue weighted by molar-refractivity contribution is 0.0595. The van der Waals surface area contributed by atoms with E-state index in [0.29, 0.717) is 21.3 Å². The van der Waals surface area contributed by atoms with Crippen molar-refractivity contribution in [2.45, 2.75) is 0 Å². The van der Waals surface area contributed by atoms with Gasteiger partial charge in [0.05, 0.1) is 34.6 Å². The zero-order valence-corrected chi connectivity index (χ0v) is 11.3. The number of carbonyl (C=O) groups is 1. The number of pyridine rings is 1. The molecule has 6 heteroatoms. The van der Waals surface area contributed by atoms with Crippen molar-refractivity contribution >= 4 is 29.2 Å². The molecule has 3 nitrogen and oxygen atoms in total. The van der Waals surface area contributed by atoms with Crippen molar-refractivity contribution in [3.05, 3.63) is 51.9 Å². The molecule has 0 atom stereocenters. The van der Waals surface area contributed by atoms with Gasteiger partial charge in [0, 0.05) is 5.56 Å². The van der Waals surface area contributed by atoms with Gasteiger partial charge in [0.2, 0.25) is 0 Å². The second-order valence-electron chi connectivity index (χ2n) is 3.64. The first-order chi connectivity index (χ1) is 9.04. The highest BCUT2D eigenvalue weighted by Crippen LogP contribution is 2.32. The molecular weight excluding hydrogens is 292 g/mol. The van der Waals surface area contributed by atoms with Gasteiger partial charge in [-0.2, -0.15) is 0 Å². The lowest BCUT2D eigenvalue weighted by atomic mass is 10.1. The molecule has 1 aromatic carbocycles. The van der Waals surface area contributed by atoms with E-state index in [1.54, 1.807) is 18.2 Å². The minimum Gasteiger partial charge on any atom is -0.465 e. The van der Waals surface area contributed by atoms with Crippen molar-refractivity contribution < 1.29 is 13.9 Å². The maximum atomic E-state index is 13.5. The first-order valence-electron chi connectivity index (χ1n) is 5.23. The molecule has 98 valence electrons.